The van der Waals surface area contributed by atoms with Crippen LogP contribution in [0.5, 0.6) is 0 Å². The van der Waals surface area contributed by atoms with Gasteiger partial charge in [-0.15, -0.1) is 0 Å². The summed E-state index contributed by atoms with van der Waals surface area (Å²) in [5.41, 5.74) is 2.62. The summed E-state index contributed by atoms with van der Waals surface area (Å²) in [6.45, 7) is 8.60. The minimum atomic E-state index is -0.243. The van der Waals surface area contributed by atoms with E-state index in [1.54, 1.807) is 4.57 Å². The zero-order valence-electron chi connectivity index (χ0n) is 24.1. The first-order chi connectivity index (χ1) is 19.9. The zero-order chi connectivity index (χ0) is 28.9. The van der Waals surface area contributed by atoms with Crippen molar-refractivity contribution < 1.29 is 4.79 Å². The molecule has 1 saturated carbocycles. The fourth-order valence-corrected chi connectivity index (χ4v) is 7.62. The van der Waals surface area contributed by atoms with Gasteiger partial charge < -0.3 is 4.90 Å². The number of carbonyl (C=O) groups is 1. The second kappa shape index (κ2) is 13.4. The van der Waals surface area contributed by atoms with Gasteiger partial charge in [0.05, 0.1) is 4.91 Å². The molecule has 0 spiro atoms. The van der Waals surface area contributed by atoms with Gasteiger partial charge in [0, 0.05) is 50.9 Å². The smallest absolute Gasteiger partial charge is 0.270 e. The van der Waals surface area contributed by atoms with Gasteiger partial charge >= 0.3 is 0 Å². The van der Waals surface area contributed by atoms with Gasteiger partial charge in [0.15, 0.2) is 0 Å². The van der Waals surface area contributed by atoms with Crippen LogP contribution in [0.15, 0.2) is 40.0 Å². The molecule has 0 N–H and O–H groups in total. The lowest BCUT2D eigenvalue weighted by Gasteiger charge is -2.38. The molecule has 1 aromatic carbocycles. The average molecular weight is 590 g/mol. The van der Waals surface area contributed by atoms with Gasteiger partial charge in [-0.3, -0.25) is 24.0 Å². The molecule has 2 aliphatic heterocycles. The number of thiocarbonyl (C=S) groups is 1. The number of hydrogen-bond acceptors (Lipinski definition) is 7. The summed E-state index contributed by atoms with van der Waals surface area (Å²) in [5.74, 6) is 0.775. The first-order valence-electron chi connectivity index (χ1n) is 14.9. The maximum absolute atomic E-state index is 13.7. The van der Waals surface area contributed by atoms with Crippen molar-refractivity contribution in [3.8, 4) is 6.07 Å². The summed E-state index contributed by atoms with van der Waals surface area (Å²) in [6, 6.07) is 12.8. The summed E-state index contributed by atoms with van der Waals surface area (Å²) in [6.07, 6.45) is 9.09. The van der Waals surface area contributed by atoms with E-state index < -0.39 is 0 Å². The van der Waals surface area contributed by atoms with E-state index in [2.05, 4.69) is 47.1 Å². The summed E-state index contributed by atoms with van der Waals surface area (Å²) in [7, 11) is 0. The Morgan fingerprint density at radius 3 is 2.44 bits per heavy atom. The van der Waals surface area contributed by atoms with Crippen molar-refractivity contribution in [1.29, 1.82) is 5.26 Å². The lowest BCUT2D eigenvalue weighted by Crippen LogP contribution is -2.48. The Labute approximate surface area is 252 Å². The number of rotatable bonds is 8. The van der Waals surface area contributed by atoms with Crippen molar-refractivity contribution in [2.45, 2.75) is 77.9 Å². The van der Waals surface area contributed by atoms with Crippen LogP contribution in [0.25, 0.3) is 6.08 Å². The van der Waals surface area contributed by atoms with Crippen molar-refractivity contribution in [3.05, 3.63) is 67.8 Å². The van der Waals surface area contributed by atoms with Crippen molar-refractivity contribution in [3.63, 3.8) is 0 Å². The second-order valence-corrected chi connectivity index (χ2v) is 12.9. The van der Waals surface area contributed by atoms with Gasteiger partial charge in [-0.2, -0.15) is 5.26 Å². The predicted octanol–water partition coefficient (Wildman–Crippen LogP) is 5.68. The normalized spacial score (nSPS) is 19.8. The Hall–Kier alpha value is -2.93. The molecule has 2 aromatic rings. The number of aromatic nitrogens is 1. The Morgan fingerprint density at radius 2 is 1.78 bits per heavy atom. The number of unbranched alkanes of at least 4 members (excludes halogenated alkanes) is 1. The Balaban J connectivity index is 1.51. The summed E-state index contributed by atoms with van der Waals surface area (Å²) in [4.78, 5) is 34.5. The molecule has 7 nitrogen and oxygen atoms in total. The molecule has 0 unspecified atom stereocenters. The molecule has 0 bridgehead atoms. The molecule has 9 heteroatoms. The molecular weight excluding hydrogens is 551 g/mol. The number of carbonyl (C=O) groups excluding carboxylic acids is 1. The Morgan fingerprint density at radius 1 is 1.07 bits per heavy atom. The lowest BCUT2D eigenvalue weighted by molar-refractivity contribution is -0.124. The Kier molecular flexibility index (Phi) is 9.64. The third-order valence-corrected chi connectivity index (χ3v) is 9.87. The largest absolute Gasteiger partial charge is 0.355 e. The number of thioether (sulfide) groups is 1. The van der Waals surface area contributed by atoms with Gasteiger partial charge in [0.2, 0.25) is 0 Å². The van der Waals surface area contributed by atoms with Crippen LogP contribution in [-0.4, -0.2) is 56.8 Å². The van der Waals surface area contributed by atoms with E-state index in [0.29, 0.717) is 21.3 Å². The zero-order valence-corrected chi connectivity index (χ0v) is 25.7. The second-order valence-electron chi connectivity index (χ2n) is 11.3. The Bertz CT molecular complexity index is 1410. The molecule has 1 aromatic heterocycles. The third-order valence-electron chi connectivity index (χ3n) is 8.54. The van der Waals surface area contributed by atoms with Crippen LogP contribution >= 0.6 is 24.0 Å². The van der Waals surface area contributed by atoms with Gasteiger partial charge in [-0.25, -0.2) is 0 Å². The number of nitrogens with zero attached hydrogens (tertiary/aromatic N) is 5. The van der Waals surface area contributed by atoms with E-state index in [1.807, 2.05) is 24.0 Å². The molecule has 1 amide bonds. The fourth-order valence-electron chi connectivity index (χ4n) is 6.23. The molecule has 5 rings (SSSR count). The van der Waals surface area contributed by atoms with Crippen molar-refractivity contribution in [2.75, 3.05) is 31.1 Å². The van der Waals surface area contributed by atoms with Crippen LogP contribution < -0.4 is 10.5 Å². The highest BCUT2D eigenvalue weighted by Gasteiger charge is 2.38. The number of hydrogen-bond donors (Lipinski definition) is 0. The highest BCUT2D eigenvalue weighted by molar-refractivity contribution is 8.26. The van der Waals surface area contributed by atoms with Crippen LogP contribution in [0.3, 0.4) is 0 Å². The van der Waals surface area contributed by atoms with Gasteiger partial charge in [0.1, 0.15) is 21.8 Å². The number of amides is 1. The van der Waals surface area contributed by atoms with Crippen molar-refractivity contribution >= 4 is 46.1 Å². The molecule has 1 aliphatic carbocycles. The predicted molar refractivity (Wildman–Crippen MR) is 171 cm³/mol. The molecule has 0 atom stereocenters. The number of benzene rings is 1. The van der Waals surface area contributed by atoms with Crippen LogP contribution in [0, 0.1) is 18.3 Å². The molecule has 41 heavy (non-hydrogen) atoms. The maximum Gasteiger partial charge on any atom is 0.270 e. The number of nitriles is 1. The van der Waals surface area contributed by atoms with Crippen molar-refractivity contribution in [1.82, 2.24) is 14.4 Å². The molecular formula is C32H39N5O2S2. The van der Waals surface area contributed by atoms with E-state index in [9.17, 15) is 14.9 Å². The van der Waals surface area contributed by atoms with E-state index in [0.717, 1.165) is 82.6 Å². The van der Waals surface area contributed by atoms with E-state index in [4.69, 9.17) is 12.2 Å². The highest BCUT2D eigenvalue weighted by atomic mass is 32.2. The van der Waals surface area contributed by atoms with Gasteiger partial charge in [-0.1, -0.05) is 86.9 Å². The fraction of sp³-hybridized carbons (Fsp3) is 0.500. The molecule has 3 heterocycles. The SMILES string of the molecule is CCCCn1c(N2CCN(Cc3ccccc3)CC2)c(/C=C2/SC(=S)N(C3CCCCC3)C2=O)c(C)c(C#N)c1=O. The van der Waals surface area contributed by atoms with Crippen LogP contribution in [-0.2, 0) is 17.9 Å². The first-order valence-corrected chi connectivity index (χ1v) is 16.1. The molecule has 2 saturated heterocycles. The quantitative estimate of drug-likeness (QED) is 0.290. The summed E-state index contributed by atoms with van der Waals surface area (Å²) < 4.78 is 2.40. The number of anilines is 1. The number of pyridine rings is 1. The molecule has 0 radical (unpaired) electrons. The lowest BCUT2D eigenvalue weighted by atomic mass is 9.94. The number of piperazine rings is 1. The van der Waals surface area contributed by atoms with E-state index in [1.165, 1.54) is 23.7 Å². The highest BCUT2D eigenvalue weighted by Crippen LogP contribution is 2.39. The maximum atomic E-state index is 13.7. The third kappa shape index (κ3) is 6.30. The monoisotopic (exact) mass is 589 g/mol. The molecule has 3 aliphatic rings. The summed E-state index contributed by atoms with van der Waals surface area (Å²) in [5, 5.41) is 10.0. The van der Waals surface area contributed by atoms with Crippen LogP contribution in [0.4, 0.5) is 5.82 Å². The molecule has 3 fully saturated rings. The summed E-state index contributed by atoms with van der Waals surface area (Å²) >= 11 is 7.05. The van der Waals surface area contributed by atoms with Crippen LogP contribution in [0.1, 0.15) is 74.1 Å². The van der Waals surface area contributed by atoms with Gasteiger partial charge in [-0.05, 0) is 43.4 Å². The first kappa shape index (κ1) is 29.6. The van der Waals surface area contributed by atoms with Gasteiger partial charge in [0.25, 0.3) is 11.5 Å². The standard InChI is InChI=1S/C32H39N5O2S2/c1-3-4-15-36-29(35-18-16-34(17-19-35)22-24-11-7-5-8-12-24)26(23(2)27(21-33)30(36)38)20-28-31(39)37(32(40)41-28)25-13-9-6-10-14-25/h5,7-8,11-12,20,25H,3-4,6,9-10,13-19,22H2,1-2H3/b28-20+. The topological polar surface area (TPSA) is 72.6 Å². The minimum absolute atomic E-state index is 0.0465. The van der Waals surface area contributed by atoms with E-state index in [-0.39, 0.29) is 23.1 Å². The minimum Gasteiger partial charge on any atom is -0.355 e. The van der Waals surface area contributed by atoms with Crippen LogP contribution in [0.2, 0.25) is 0 Å². The van der Waals surface area contributed by atoms with Crippen molar-refractivity contribution in [2.24, 2.45) is 0 Å². The molecule has 216 valence electrons. The van der Waals surface area contributed by atoms with E-state index >= 15 is 0 Å². The average Bonchev–Trinajstić information content (AvgIpc) is 3.27.